The van der Waals surface area contributed by atoms with Gasteiger partial charge in [0.25, 0.3) is 0 Å². The number of imidazole rings is 1. The van der Waals surface area contributed by atoms with Crippen molar-refractivity contribution in [3.8, 4) is 17.0 Å². The Kier molecular flexibility index (Phi) is 9.36. The summed E-state index contributed by atoms with van der Waals surface area (Å²) in [5.74, 6) is 1.71. The average molecular weight is 449 g/mol. The smallest absolute Gasteiger partial charge is 0.319 e. The van der Waals surface area contributed by atoms with Crippen LogP contribution in [0.4, 0.5) is 10.5 Å². The van der Waals surface area contributed by atoms with Crippen molar-refractivity contribution in [2.24, 2.45) is 0 Å². The predicted octanol–water partition coefficient (Wildman–Crippen LogP) is 6.20. The number of rotatable bonds is 12. The van der Waals surface area contributed by atoms with Crippen LogP contribution >= 0.6 is 0 Å². The second kappa shape index (κ2) is 12.7. The van der Waals surface area contributed by atoms with E-state index < -0.39 is 0 Å². The summed E-state index contributed by atoms with van der Waals surface area (Å²) in [4.78, 5) is 17.0. The van der Waals surface area contributed by atoms with Crippen molar-refractivity contribution in [3.63, 3.8) is 0 Å². The maximum atomic E-state index is 12.2. The lowest BCUT2D eigenvalue weighted by Gasteiger charge is -2.14. The summed E-state index contributed by atoms with van der Waals surface area (Å²) in [6.07, 6.45) is 5.00. The van der Waals surface area contributed by atoms with Crippen LogP contribution < -0.4 is 15.4 Å². The molecule has 0 fully saturated rings. The van der Waals surface area contributed by atoms with Crippen LogP contribution in [0.1, 0.15) is 51.0 Å². The van der Waals surface area contributed by atoms with E-state index in [4.69, 9.17) is 9.72 Å². The third-order valence-corrected chi connectivity index (χ3v) is 5.63. The van der Waals surface area contributed by atoms with E-state index in [-0.39, 0.29) is 6.03 Å². The summed E-state index contributed by atoms with van der Waals surface area (Å²) in [6, 6.07) is 17.7. The highest BCUT2D eigenvalue weighted by Crippen LogP contribution is 2.26. The van der Waals surface area contributed by atoms with Gasteiger partial charge in [-0.2, -0.15) is 0 Å². The first-order valence-electron chi connectivity index (χ1n) is 12.0. The second-order valence-corrected chi connectivity index (χ2v) is 8.11. The monoisotopic (exact) mass is 448 g/mol. The summed E-state index contributed by atoms with van der Waals surface area (Å²) in [5, 5.41) is 5.81. The average Bonchev–Trinajstić information content (AvgIpc) is 3.16. The SMILES string of the molecule is CCCCCNC(=O)Nc1ccccc1OCCCn1c(C)nc(-c2ccccc2)c1CC. The van der Waals surface area contributed by atoms with Crippen LogP contribution in [-0.2, 0) is 13.0 Å². The van der Waals surface area contributed by atoms with E-state index in [9.17, 15) is 4.79 Å². The molecular weight excluding hydrogens is 412 g/mol. The lowest BCUT2D eigenvalue weighted by molar-refractivity contribution is 0.251. The number of ether oxygens (including phenoxy) is 1. The summed E-state index contributed by atoms with van der Waals surface area (Å²) < 4.78 is 8.32. The summed E-state index contributed by atoms with van der Waals surface area (Å²) >= 11 is 0. The number of hydrogen-bond acceptors (Lipinski definition) is 3. The van der Waals surface area contributed by atoms with Crippen molar-refractivity contribution in [2.45, 2.75) is 59.4 Å². The van der Waals surface area contributed by atoms with Crippen LogP contribution in [0.3, 0.4) is 0 Å². The standard InChI is InChI=1S/C27H36N4O2/c1-4-6-12-18-28-27(32)30-23-16-10-11-17-25(23)33-20-13-19-31-21(3)29-26(24(31)5-2)22-14-8-7-9-15-22/h7-11,14-17H,4-6,12-13,18-20H2,1-3H3,(H2,28,30,32). The van der Waals surface area contributed by atoms with Crippen molar-refractivity contribution in [1.82, 2.24) is 14.9 Å². The minimum Gasteiger partial charge on any atom is -0.491 e. The van der Waals surface area contributed by atoms with Gasteiger partial charge in [-0.15, -0.1) is 0 Å². The Hall–Kier alpha value is -3.28. The maximum absolute atomic E-state index is 12.2. The van der Waals surface area contributed by atoms with Crippen molar-refractivity contribution in [2.75, 3.05) is 18.5 Å². The Morgan fingerprint density at radius 1 is 1.00 bits per heavy atom. The molecule has 176 valence electrons. The Labute approximate surface area is 197 Å². The highest BCUT2D eigenvalue weighted by Gasteiger charge is 2.14. The minimum atomic E-state index is -0.197. The molecule has 6 heteroatoms. The molecule has 0 saturated heterocycles. The molecule has 0 aliphatic heterocycles. The zero-order chi connectivity index (χ0) is 23.5. The third-order valence-electron chi connectivity index (χ3n) is 5.63. The molecule has 33 heavy (non-hydrogen) atoms. The Bertz CT molecular complexity index is 1010. The van der Waals surface area contributed by atoms with Crippen LogP contribution in [-0.4, -0.2) is 28.7 Å². The molecule has 3 rings (SSSR count). The molecule has 2 aromatic carbocycles. The number of amides is 2. The van der Waals surface area contributed by atoms with Gasteiger partial charge in [0, 0.05) is 24.3 Å². The van der Waals surface area contributed by atoms with Crippen LogP contribution in [0, 0.1) is 6.92 Å². The van der Waals surface area contributed by atoms with E-state index >= 15 is 0 Å². The summed E-state index contributed by atoms with van der Waals surface area (Å²) in [6.45, 7) is 8.45. The number of aryl methyl sites for hydroxylation is 1. The van der Waals surface area contributed by atoms with Gasteiger partial charge in [0.05, 0.1) is 18.0 Å². The topological polar surface area (TPSA) is 68.2 Å². The molecule has 0 bridgehead atoms. The number of unbranched alkanes of at least 4 members (excludes halogenated alkanes) is 2. The number of hydrogen-bond donors (Lipinski definition) is 2. The minimum absolute atomic E-state index is 0.197. The quantitative estimate of drug-likeness (QED) is 0.324. The molecule has 0 unspecified atom stereocenters. The van der Waals surface area contributed by atoms with E-state index in [0.29, 0.717) is 24.6 Å². The number of nitrogens with zero attached hydrogens (tertiary/aromatic N) is 2. The molecule has 0 atom stereocenters. The Morgan fingerprint density at radius 3 is 2.52 bits per heavy atom. The van der Waals surface area contributed by atoms with E-state index in [2.05, 4.69) is 48.1 Å². The first-order chi connectivity index (χ1) is 16.1. The molecule has 1 aromatic heterocycles. The van der Waals surface area contributed by atoms with Gasteiger partial charge in [-0.3, -0.25) is 0 Å². The molecule has 3 aromatic rings. The van der Waals surface area contributed by atoms with Gasteiger partial charge in [-0.05, 0) is 38.3 Å². The van der Waals surface area contributed by atoms with Gasteiger partial charge in [-0.25, -0.2) is 9.78 Å². The van der Waals surface area contributed by atoms with Crippen molar-refractivity contribution in [1.29, 1.82) is 0 Å². The fourth-order valence-corrected chi connectivity index (χ4v) is 3.94. The molecule has 0 radical (unpaired) electrons. The largest absolute Gasteiger partial charge is 0.491 e. The van der Waals surface area contributed by atoms with Crippen molar-refractivity contribution < 1.29 is 9.53 Å². The molecule has 0 aliphatic rings. The van der Waals surface area contributed by atoms with Gasteiger partial charge in [0.15, 0.2) is 0 Å². The van der Waals surface area contributed by atoms with Crippen LogP contribution in [0.25, 0.3) is 11.3 Å². The molecule has 1 heterocycles. The molecule has 0 spiro atoms. The van der Waals surface area contributed by atoms with E-state index in [1.54, 1.807) is 0 Å². The number of anilines is 1. The van der Waals surface area contributed by atoms with Crippen LogP contribution in [0.2, 0.25) is 0 Å². The fraction of sp³-hybridized carbons (Fsp3) is 0.407. The van der Waals surface area contributed by atoms with Crippen LogP contribution in [0.5, 0.6) is 5.75 Å². The molecule has 2 N–H and O–H groups in total. The zero-order valence-electron chi connectivity index (χ0n) is 20.1. The maximum Gasteiger partial charge on any atom is 0.319 e. The number of aromatic nitrogens is 2. The predicted molar refractivity (Wildman–Crippen MR) is 135 cm³/mol. The number of para-hydroxylation sites is 2. The van der Waals surface area contributed by atoms with Gasteiger partial charge in [0.2, 0.25) is 0 Å². The van der Waals surface area contributed by atoms with Crippen LogP contribution in [0.15, 0.2) is 54.6 Å². The number of benzene rings is 2. The highest BCUT2D eigenvalue weighted by atomic mass is 16.5. The number of carbonyl (C=O) groups is 1. The molecule has 0 saturated carbocycles. The Balaban J connectivity index is 1.56. The highest BCUT2D eigenvalue weighted by molar-refractivity contribution is 5.90. The van der Waals surface area contributed by atoms with Crippen molar-refractivity contribution >= 4 is 11.7 Å². The Morgan fingerprint density at radius 2 is 1.76 bits per heavy atom. The molecule has 2 amide bonds. The number of nitrogens with one attached hydrogen (secondary N) is 2. The van der Waals surface area contributed by atoms with Crippen molar-refractivity contribution in [3.05, 3.63) is 66.1 Å². The first-order valence-corrected chi connectivity index (χ1v) is 12.0. The molecule has 6 nitrogen and oxygen atoms in total. The summed E-state index contributed by atoms with van der Waals surface area (Å²) in [7, 11) is 0. The van der Waals surface area contributed by atoms with Gasteiger partial charge in [0.1, 0.15) is 11.6 Å². The molecular formula is C27H36N4O2. The zero-order valence-corrected chi connectivity index (χ0v) is 20.1. The lowest BCUT2D eigenvalue weighted by atomic mass is 10.1. The van der Waals surface area contributed by atoms with E-state index in [0.717, 1.165) is 55.7 Å². The van der Waals surface area contributed by atoms with Gasteiger partial charge in [-0.1, -0.05) is 69.2 Å². The van der Waals surface area contributed by atoms with E-state index in [1.807, 2.05) is 42.5 Å². The van der Waals surface area contributed by atoms with Gasteiger partial charge >= 0.3 is 6.03 Å². The molecule has 0 aliphatic carbocycles. The fourth-order valence-electron chi connectivity index (χ4n) is 3.94. The summed E-state index contributed by atoms with van der Waals surface area (Å²) in [5.41, 5.74) is 4.15. The van der Waals surface area contributed by atoms with E-state index in [1.165, 1.54) is 5.69 Å². The van der Waals surface area contributed by atoms with Gasteiger partial charge < -0.3 is 19.9 Å². The number of carbonyl (C=O) groups excluding carboxylic acids is 1. The second-order valence-electron chi connectivity index (χ2n) is 8.11. The first kappa shape index (κ1) is 24.4. The lowest BCUT2D eigenvalue weighted by Crippen LogP contribution is -2.29. The third kappa shape index (κ3) is 6.85. The number of urea groups is 1. The normalized spacial score (nSPS) is 10.8.